The fourth-order valence-corrected chi connectivity index (χ4v) is 5.71. The molecule has 0 aliphatic carbocycles. The zero-order valence-electron chi connectivity index (χ0n) is 18.4. The Balaban J connectivity index is 2.20. The van der Waals surface area contributed by atoms with E-state index in [9.17, 15) is 21.2 Å². The lowest BCUT2D eigenvalue weighted by Gasteiger charge is -2.37. The number of aryl methyl sites for hydroxylation is 1. The molecule has 2 aromatic carbocycles. The minimum Gasteiger partial charge on any atom is -0.421 e. The number of anilines is 1. The summed E-state index contributed by atoms with van der Waals surface area (Å²) in [5.74, 6) is -1.12. The zero-order valence-corrected chi connectivity index (χ0v) is 20.8. The SMILES string of the molecule is CC(C)(C)N(c1cc(F)c(Cl)cc1-c1nnc(CCS(C)(=O)=O)o1)S(=O)(=O)c1ccccc1. The van der Waals surface area contributed by atoms with Gasteiger partial charge < -0.3 is 4.42 Å². The third-order valence-electron chi connectivity index (χ3n) is 4.53. The number of rotatable bonds is 7. The van der Waals surface area contributed by atoms with Gasteiger partial charge in [-0.25, -0.2) is 21.2 Å². The third-order valence-corrected chi connectivity index (χ3v) is 7.86. The van der Waals surface area contributed by atoms with Crippen molar-refractivity contribution in [2.75, 3.05) is 16.3 Å². The molecule has 0 aliphatic rings. The van der Waals surface area contributed by atoms with Gasteiger partial charge in [-0.05, 0) is 39.0 Å². The second-order valence-corrected chi connectivity index (χ2v) is 12.9. The van der Waals surface area contributed by atoms with Crippen molar-refractivity contribution in [2.45, 2.75) is 37.6 Å². The van der Waals surface area contributed by atoms with Gasteiger partial charge in [0.1, 0.15) is 15.7 Å². The molecule has 12 heteroatoms. The van der Waals surface area contributed by atoms with E-state index < -0.39 is 31.2 Å². The number of hydrogen-bond donors (Lipinski definition) is 0. The quantitative estimate of drug-likeness (QED) is 0.465. The maximum atomic E-state index is 14.6. The van der Waals surface area contributed by atoms with Crippen LogP contribution in [0.15, 0.2) is 51.8 Å². The van der Waals surface area contributed by atoms with E-state index in [0.29, 0.717) is 0 Å². The first-order valence-electron chi connectivity index (χ1n) is 9.80. The van der Waals surface area contributed by atoms with Crippen LogP contribution < -0.4 is 4.31 Å². The molecule has 1 aromatic heterocycles. The first kappa shape index (κ1) is 25.1. The molecule has 1 heterocycles. The molecule has 3 rings (SSSR count). The summed E-state index contributed by atoms with van der Waals surface area (Å²) >= 11 is 6.00. The molecule has 0 bridgehead atoms. The fourth-order valence-electron chi connectivity index (χ4n) is 3.16. The van der Waals surface area contributed by atoms with Crippen LogP contribution in [0.4, 0.5) is 10.1 Å². The van der Waals surface area contributed by atoms with Gasteiger partial charge in [-0.2, -0.15) is 0 Å². The van der Waals surface area contributed by atoms with Crippen LogP contribution in [-0.2, 0) is 26.3 Å². The molecule has 0 amide bonds. The molecule has 8 nitrogen and oxygen atoms in total. The predicted octanol–water partition coefficient (Wildman–Crippen LogP) is 4.11. The first-order chi connectivity index (χ1) is 15.2. The van der Waals surface area contributed by atoms with Crippen LogP contribution >= 0.6 is 11.6 Å². The maximum absolute atomic E-state index is 14.6. The number of halogens is 2. The van der Waals surface area contributed by atoms with Crippen LogP contribution in [0.25, 0.3) is 11.5 Å². The topological polar surface area (TPSA) is 110 Å². The molecule has 0 N–H and O–H groups in total. The number of sulfone groups is 1. The molecule has 0 atom stereocenters. The van der Waals surface area contributed by atoms with Gasteiger partial charge in [-0.15, -0.1) is 10.2 Å². The Morgan fingerprint density at radius 1 is 1.06 bits per heavy atom. The van der Waals surface area contributed by atoms with Crippen molar-refractivity contribution in [3.05, 3.63) is 59.2 Å². The summed E-state index contributed by atoms with van der Waals surface area (Å²) < 4.78 is 71.4. The second kappa shape index (κ2) is 9.03. The van der Waals surface area contributed by atoms with Crippen molar-refractivity contribution in [3.8, 4) is 11.5 Å². The molecule has 0 saturated carbocycles. The molecule has 0 radical (unpaired) electrons. The van der Waals surface area contributed by atoms with Crippen molar-refractivity contribution < 1.29 is 25.6 Å². The molecule has 0 unspecified atom stereocenters. The second-order valence-electron chi connectivity index (χ2n) is 8.42. The minimum atomic E-state index is -4.14. The van der Waals surface area contributed by atoms with Gasteiger partial charge in [0.05, 0.1) is 26.9 Å². The van der Waals surface area contributed by atoms with Gasteiger partial charge >= 0.3 is 0 Å². The normalized spacial score (nSPS) is 12.7. The van der Waals surface area contributed by atoms with Gasteiger partial charge in [0.15, 0.2) is 0 Å². The standard InChI is InChI=1S/C21H23ClFN3O5S2/c1-21(2,3)26(33(29,30)14-8-6-5-7-9-14)18-13-17(23)16(22)12-15(18)20-25-24-19(31-20)10-11-32(4,27)28/h5-9,12-13H,10-11H2,1-4H3. The Labute approximate surface area is 197 Å². The Morgan fingerprint density at radius 2 is 1.70 bits per heavy atom. The molecule has 0 fully saturated rings. The number of benzene rings is 2. The highest BCUT2D eigenvalue weighted by molar-refractivity contribution is 7.93. The highest BCUT2D eigenvalue weighted by Crippen LogP contribution is 2.40. The van der Waals surface area contributed by atoms with Crippen molar-refractivity contribution in [1.82, 2.24) is 10.2 Å². The van der Waals surface area contributed by atoms with Crippen LogP contribution in [0.1, 0.15) is 26.7 Å². The lowest BCUT2D eigenvalue weighted by Crippen LogP contribution is -2.46. The van der Waals surface area contributed by atoms with Crippen LogP contribution in [-0.4, -0.2) is 44.6 Å². The van der Waals surface area contributed by atoms with Crippen LogP contribution in [0, 0.1) is 5.82 Å². The van der Waals surface area contributed by atoms with E-state index in [-0.39, 0.29) is 45.1 Å². The Hall–Kier alpha value is -2.50. The van der Waals surface area contributed by atoms with Gasteiger partial charge in [0, 0.05) is 24.3 Å². The molecular weight excluding hydrogens is 493 g/mol. The Bertz CT molecular complexity index is 1370. The van der Waals surface area contributed by atoms with Crippen LogP contribution in [0.5, 0.6) is 0 Å². The van der Waals surface area contributed by atoms with Crippen LogP contribution in [0.2, 0.25) is 5.02 Å². The lowest BCUT2D eigenvalue weighted by atomic mass is 10.1. The van der Waals surface area contributed by atoms with E-state index in [4.69, 9.17) is 16.0 Å². The largest absolute Gasteiger partial charge is 0.421 e. The van der Waals surface area contributed by atoms with Gasteiger partial charge in [-0.3, -0.25) is 4.31 Å². The lowest BCUT2D eigenvalue weighted by molar-refractivity contribution is 0.509. The van der Waals surface area contributed by atoms with Gasteiger partial charge in [0.2, 0.25) is 11.8 Å². The molecule has 3 aromatic rings. The minimum absolute atomic E-state index is 0.0144. The summed E-state index contributed by atoms with van der Waals surface area (Å²) in [7, 11) is -7.41. The molecule has 0 spiro atoms. The third kappa shape index (κ3) is 5.71. The maximum Gasteiger partial charge on any atom is 0.264 e. The fraction of sp³-hybridized carbons (Fsp3) is 0.333. The highest BCUT2D eigenvalue weighted by Gasteiger charge is 2.37. The summed E-state index contributed by atoms with van der Waals surface area (Å²) in [5, 5.41) is 7.50. The van der Waals surface area contributed by atoms with Gasteiger partial charge in [-0.1, -0.05) is 29.8 Å². The van der Waals surface area contributed by atoms with Crippen molar-refractivity contribution in [2.24, 2.45) is 0 Å². The number of hydrogen-bond acceptors (Lipinski definition) is 7. The van der Waals surface area contributed by atoms with E-state index in [1.807, 2.05) is 0 Å². The Morgan fingerprint density at radius 3 is 2.27 bits per heavy atom. The Kier molecular flexibility index (Phi) is 6.88. The number of nitrogens with zero attached hydrogens (tertiary/aromatic N) is 3. The first-order valence-corrected chi connectivity index (χ1v) is 13.7. The summed E-state index contributed by atoms with van der Waals surface area (Å²) in [6.07, 6.45) is 1.05. The molecule has 0 aliphatic heterocycles. The van der Waals surface area contributed by atoms with E-state index in [1.165, 1.54) is 18.2 Å². The van der Waals surface area contributed by atoms with Gasteiger partial charge in [0.25, 0.3) is 10.0 Å². The summed E-state index contributed by atoms with van der Waals surface area (Å²) in [6.45, 7) is 4.99. The van der Waals surface area contributed by atoms with E-state index in [0.717, 1.165) is 16.6 Å². The summed E-state index contributed by atoms with van der Waals surface area (Å²) in [6, 6.07) is 9.95. The average Bonchev–Trinajstić information content (AvgIpc) is 3.17. The number of sulfonamides is 1. The highest BCUT2D eigenvalue weighted by atomic mass is 35.5. The molecule has 0 saturated heterocycles. The summed E-state index contributed by atoms with van der Waals surface area (Å²) in [4.78, 5) is 0.0144. The average molecular weight is 516 g/mol. The van der Waals surface area contributed by atoms with E-state index >= 15 is 0 Å². The van der Waals surface area contributed by atoms with Crippen LogP contribution in [0.3, 0.4) is 0 Å². The predicted molar refractivity (Wildman–Crippen MR) is 124 cm³/mol. The molecule has 33 heavy (non-hydrogen) atoms. The monoisotopic (exact) mass is 515 g/mol. The molecule has 178 valence electrons. The van der Waals surface area contributed by atoms with E-state index in [1.54, 1.807) is 39.0 Å². The molecular formula is C21H23ClFN3O5S2. The van der Waals surface area contributed by atoms with E-state index in [2.05, 4.69) is 10.2 Å². The zero-order chi connectivity index (χ0) is 24.6. The van der Waals surface area contributed by atoms with Crippen molar-refractivity contribution in [3.63, 3.8) is 0 Å². The van der Waals surface area contributed by atoms with Crippen molar-refractivity contribution >= 4 is 37.1 Å². The van der Waals surface area contributed by atoms with Crippen molar-refractivity contribution in [1.29, 1.82) is 0 Å². The summed E-state index contributed by atoms with van der Waals surface area (Å²) in [5.41, 5.74) is -0.983. The smallest absolute Gasteiger partial charge is 0.264 e. The number of aromatic nitrogens is 2.